The Labute approximate surface area is 124 Å². The van der Waals surface area contributed by atoms with Gasteiger partial charge in [-0.25, -0.2) is 0 Å². The molecule has 0 aromatic heterocycles. The number of esters is 2. The third-order valence-corrected chi connectivity index (χ3v) is 4.38. The molecule has 0 amide bonds. The zero-order valence-electron chi connectivity index (χ0n) is 12.8. The van der Waals surface area contributed by atoms with E-state index in [1.807, 2.05) is 44.2 Å². The van der Waals surface area contributed by atoms with Crippen molar-refractivity contribution in [3.05, 3.63) is 47.0 Å². The number of carbonyl (C=O) groups is 2. The van der Waals surface area contributed by atoms with Gasteiger partial charge in [0.05, 0.1) is 14.2 Å². The Balaban J connectivity index is 2.64. The van der Waals surface area contributed by atoms with Gasteiger partial charge < -0.3 is 9.47 Å². The van der Waals surface area contributed by atoms with E-state index in [-0.39, 0.29) is 5.92 Å². The molecule has 0 spiro atoms. The lowest BCUT2D eigenvalue weighted by Crippen LogP contribution is -2.44. The number of methoxy groups -OCH3 is 2. The number of benzene rings is 1. The molecule has 1 unspecified atom stereocenters. The van der Waals surface area contributed by atoms with Crippen molar-refractivity contribution in [3.63, 3.8) is 0 Å². The molecule has 0 radical (unpaired) electrons. The van der Waals surface area contributed by atoms with Gasteiger partial charge in [-0.05, 0) is 25.8 Å². The van der Waals surface area contributed by atoms with Crippen LogP contribution in [-0.2, 0) is 19.1 Å². The topological polar surface area (TPSA) is 52.6 Å². The number of carbonyl (C=O) groups excluding carboxylic acids is 2. The van der Waals surface area contributed by atoms with Crippen LogP contribution in [0.5, 0.6) is 0 Å². The van der Waals surface area contributed by atoms with Crippen molar-refractivity contribution in [1.29, 1.82) is 0 Å². The van der Waals surface area contributed by atoms with Crippen molar-refractivity contribution in [2.45, 2.75) is 26.2 Å². The quantitative estimate of drug-likeness (QED) is 0.487. The van der Waals surface area contributed by atoms with Crippen LogP contribution in [0.1, 0.15) is 31.7 Å². The lowest BCUT2D eigenvalue weighted by molar-refractivity contribution is -0.169. The Morgan fingerprint density at radius 2 is 1.57 bits per heavy atom. The van der Waals surface area contributed by atoms with Crippen molar-refractivity contribution < 1.29 is 19.1 Å². The van der Waals surface area contributed by atoms with E-state index in [0.717, 1.165) is 16.7 Å². The maximum atomic E-state index is 12.5. The Morgan fingerprint density at radius 1 is 1.05 bits per heavy atom. The molecule has 0 saturated carbocycles. The molecule has 0 N–H and O–H groups in total. The Bertz CT molecular complexity index is 570. The van der Waals surface area contributed by atoms with Crippen LogP contribution in [0.4, 0.5) is 0 Å². The molecule has 0 aliphatic heterocycles. The highest BCUT2D eigenvalue weighted by Gasteiger charge is 2.59. The molecule has 4 nitrogen and oxygen atoms in total. The Morgan fingerprint density at radius 3 is 2.05 bits per heavy atom. The minimum Gasteiger partial charge on any atom is -0.468 e. The monoisotopic (exact) mass is 288 g/mol. The summed E-state index contributed by atoms with van der Waals surface area (Å²) in [6, 6.07) is 9.55. The Kier molecular flexibility index (Phi) is 4.16. The highest BCUT2D eigenvalue weighted by molar-refractivity contribution is 6.03. The first kappa shape index (κ1) is 15.3. The summed E-state index contributed by atoms with van der Waals surface area (Å²) in [6.45, 7) is 3.90. The Hall–Kier alpha value is -2.10. The number of ether oxygens (including phenoxy) is 2. The van der Waals surface area contributed by atoms with Gasteiger partial charge in [-0.3, -0.25) is 9.59 Å². The minimum absolute atomic E-state index is 0.331. The summed E-state index contributed by atoms with van der Waals surface area (Å²) < 4.78 is 9.88. The second-order valence-corrected chi connectivity index (χ2v) is 5.44. The molecule has 0 fully saturated rings. The SMILES string of the molecule is COC(=O)C1(C(=O)OC)CC(C)=C(C)C1c1ccccc1. The molecular weight excluding hydrogens is 268 g/mol. The fourth-order valence-electron chi connectivity index (χ4n) is 3.28. The van der Waals surface area contributed by atoms with Gasteiger partial charge in [0.15, 0.2) is 5.41 Å². The second kappa shape index (κ2) is 5.72. The fraction of sp³-hybridized carbons (Fsp3) is 0.412. The van der Waals surface area contributed by atoms with Crippen molar-refractivity contribution in [3.8, 4) is 0 Å². The molecule has 2 rings (SSSR count). The van der Waals surface area contributed by atoms with Crippen LogP contribution in [0.3, 0.4) is 0 Å². The molecule has 0 heterocycles. The third-order valence-electron chi connectivity index (χ3n) is 4.38. The van der Waals surface area contributed by atoms with Crippen LogP contribution in [-0.4, -0.2) is 26.2 Å². The number of allylic oxidation sites excluding steroid dienone is 2. The summed E-state index contributed by atoms with van der Waals surface area (Å²) in [6.07, 6.45) is 0.331. The van der Waals surface area contributed by atoms with E-state index in [4.69, 9.17) is 9.47 Å². The highest BCUT2D eigenvalue weighted by Crippen LogP contribution is 2.53. The van der Waals surface area contributed by atoms with Gasteiger partial charge in [0.2, 0.25) is 0 Å². The standard InChI is InChI=1S/C17H20O4/c1-11-10-17(15(18)20-3,16(19)21-4)14(12(11)2)13-8-6-5-7-9-13/h5-9,14H,10H2,1-4H3. The summed E-state index contributed by atoms with van der Waals surface area (Å²) in [5.74, 6) is -1.43. The normalized spacial score (nSPS) is 20.3. The van der Waals surface area contributed by atoms with Crippen LogP contribution in [0.25, 0.3) is 0 Å². The van der Waals surface area contributed by atoms with E-state index in [9.17, 15) is 9.59 Å². The average Bonchev–Trinajstić information content (AvgIpc) is 2.79. The molecule has 1 aromatic carbocycles. The summed E-state index contributed by atoms with van der Waals surface area (Å²) in [5.41, 5.74) is 1.65. The molecule has 4 heteroatoms. The summed E-state index contributed by atoms with van der Waals surface area (Å²) in [5, 5.41) is 0. The third kappa shape index (κ3) is 2.24. The van der Waals surface area contributed by atoms with E-state index in [1.54, 1.807) is 0 Å². The van der Waals surface area contributed by atoms with Crippen LogP contribution < -0.4 is 0 Å². The predicted molar refractivity (Wildman–Crippen MR) is 78.6 cm³/mol. The van der Waals surface area contributed by atoms with E-state index < -0.39 is 17.4 Å². The smallest absolute Gasteiger partial charge is 0.324 e. The van der Waals surface area contributed by atoms with Crippen molar-refractivity contribution in [2.75, 3.05) is 14.2 Å². The van der Waals surface area contributed by atoms with Gasteiger partial charge in [0.25, 0.3) is 0 Å². The van der Waals surface area contributed by atoms with Crippen LogP contribution in [0.15, 0.2) is 41.5 Å². The molecule has 1 aliphatic rings. The van der Waals surface area contributed by atoms with Gasteiger partial charge in [0, 0.05) is 5.92 Å². The van der Waals surface area contributed by atoms with Gasteiger partial charge in [-0.2, -0.15) is 0 Å². The van der Waals surface area contributed by atoms with Gasteiger partial charge in [-0.15, -0.1) is 0 Å². The second-order valence-electron chi connectivity index (χ2n) is 5.44. The fourth-order valence-corrected chi connectivity index (χ4v) is 3.28. The minimum atomic E-state index is -1.32. The number of hydrogen-bond acceptors (Lipinski definition) is 4. The maximum absolute atomic E-state index is 12.5. The lowest BCUT2D eigenvalue weighted by atomic mass is 9.71. The van der Waals surface area contributed by atoms with E-state index in [1.165, 1.54) is 14.2 Å². The van der Waals surface area contributed by atoms with Crippen LogP contribution >= 0.6 is 0 Å². The van der Waals surface area contributed by atoms with Crippen molar-refractivity contribution in [1.82, 2.24) is 0 Å². The summed E-state index contributed by atoms with van der Waals surface area (Å²) in [7, 11) is 2.61. The zero-order chi connectivity index (χ0) is 15.6. The largest absolute Gasteiger partial charge is 0.468 e. The van der Waals surface area contributed by atoms with E-state index >= 15 is 0 Å². The van der Waals surface area contributed by atoms with Crippen molar-refractivity contribution >= 4 is 11.9 Å². The summed E-state index contributed by atoms with van der Waals surface area (Å²) >= 11 is 0. The van der Waals surface area contributed by atoms with Crippen LogP contribution in [0, 0.1) is 5.41 Å². The predicted octanol–water partition coefficient (Wildman–Crippen LogP) is 2.84. The van der Waals surface area contributed by atoms with Gasteiger partial charge in [-0.1, -0.05) is 41.5 Å². The lowest BCUT2D eigenvalue weighted by Gasteiger charge is -2.31. The molecule has 1 aromatic rings. The number of rotatable bonds is 3. The number of hydrogen-bond donors (Lipinski definition) is 0. The molecule has 1 aliphatic carbocycles. The first-order valence-corrected chi connectivity index (χ1v) is 6.87. The van der Waals surface area contributed by atoms with E-state index in [2.05, 4.69) is 0 Å². The zero-order valence-corrected chi connectivity index (χ0v) is 12.8. The summed E-state index contributed by atoms with van der Waals surface area (Å²) in [4.78, 5) is 24.9. The van der Waals surface area contributed by atoms with Crippen LogP contribution in [0.2, 0.25) is 0 Å². The molecule has 112 valence electrons. The molecule has 1 atom stereocenters. The maximum Gasteiger partial charge on any atom is 0.324 e. The molecular formula is C17H20O4. The highest BCUT2D eigenvalue weighted by atomic mass is 16.5. The first-order valence-electron chi connectivity index (χ1n) is 6.87. The van der Waals surface area contributed by atoms with Gasteiger partial charge >= 0.3 is 11.9 Å². The van der Waals surface area contributed by atoms with Gasteiger partial charge in [0.1, 0.15) is 0 Å². The average molecular weight is 288 g/mol. The molecule has 0 bridgehead atoms. The van der Waals surface area contributed by atoms with E-state index in [0.29, 0.717) is 6.42 Å². The van der Waals surface area contributed by atoms with Crippen molar-refractivity contribution in [2.24, 2.45) is 5.41 Å². The molecule has 21 heavy (non-hydrogen) atoms. The first-order chi connectivity index (χ1) is 9.98. The molecule has 0 saturated heterocycles.